The highest BCUT2D eigenvalue weighted by Crippen LogP contribution is 2.08. The van der Waals surface area contributed by atoms with Gasteiger partial charge in [-0.1, -0.05) is 13.8 Å². The normalized spacial score (nSPS) is 10.9. The largest absolute Gasteiger partial charge is 0.381 e. The molecule has 1 rings (SSSR count). The molecule has 4 heteroatoms. The standard InChI is InChI=1S/C13H23N3O/c1-10(2)9-17-7-5-6-14-13-12(4)15-8-11(3)16-13/h8,10H,5-7,9H2,1-4H3,(H,14,16). The number of aromatic nitrogens is 2. The highest BCUT2D eigenvalue weighted by Gasteiger charge is 2.00. The summed E-state index contributed by atoms with van der Waals surface area (Å²) >= 11 is 0. The topological polar surface area (TPSA) is 47.0 Å². The molecular formula is C13H23N3O. The van der Waals surface area contributed by atoms with Gasteiger partial charge in [0.2, 0.25) is 0 Å². The maximum absolute atomic E-state index is 5.51. The lowest BCUT2D eigenvalue weighted by Gasteiger charge is -2.09. The van der Waals surface area contributed by atoms with Crippen molar-refractivity contribution in [2.45, 2.75) is 34.1 Å². The van der Waals surface area contributed by atoms with Gasteiger partial charge in [-0.2, -0.15) is 0 Å². The molecule has 0 saturated carbocycles. The third-order valence-corrected chi connectivity index (χ3v) is 2.28. The minimum Gasteiger partial charge on any atom is -0.381 e. The molecule has 0 atom stereocenters. The van der Waals surface area contributed by atoms with E-state index in [1.807, 2.05) is 13.8 Å². The average molecular weight is 237 g/mol. The smallest absolute Gasteiger partial charge is 0.147 e. The molecule has 0 aliphatic carbocycles. The molecule has 1 aromatic heterocycles. The predicted octanol–water partition coefficient (Wildman–Crippen LogP) is 2.57. The third kappa shape index (κ3) is 5.63. The van der Waals surface area contributed by atoms with Crippen molar-refractivity contribution in [3.8, 4) is 0 Å². The molecule has 17 heavy (non-hydrogen) atoms. The molecule has 0 bridgehead atoms. The molecule has 0 spiro atoms. The summed E-state index contributed by atoms with van der Waals surface area (Å²) in [5.41, 5.74) is 1.88. The lowest BCUT2D eigenvalue weighted by molar-refractivity contribution is 0.110. The number of nitrogens with one attached hydrogen (secondary N) is 1. The predicted molar refractivity (Wildman–Crippen MR) is 70.3 cm³/mol. The fourth-order valence-corrected chi connectivity index (χ4v) is 1.41. The Kier molecular flexibility index (Phi) is 5.91. The molecule has 0 radical (unpaired) electrons. The van der Waals surface area contributed by atoms with Gasteiger partial charge in [-0.15, -0.1) is 0 Å². The Morgan fingerprint density at radius 2 is 2.12 bits per heavy atom. The minimum atomic E-state index is 0.604. The van der Waals surface area contributed by atoms with Crippen LogP contribution in [0.2, 0.25) is 0 Å². The Hall–Kier alpha value is -1.16. The zero-order valence-electron chi connectivity index (χ0n) is 11.3. The first-order valence-corrected chi connectivity index (χ1v) is 6.21. The van der Waals surface area contributed by atoms with Crippen LogP contribution in [0.25, 0.3) is 0 Å². The SMILES string of the molecule is Cc1cnc(C)c(NCCCOCC(C)C)n1. The van der Waals surface area contributed by atoms with E-state index in [4.69, 9.17) is 4.74 Å². The van der Waals surface area contributed by atoms with Crippen LogP contribution in [0.4, 0.5) is 5.82 Å². The molecule has 0 aliphatic heterocycles. The highest BCUT2D eigenvalue weighted by molar-refractivity contribution is 5.39. The number of hydrogen-bond donors (Lipinski definition) is 1. The number of aryl methyl sites for hydroxylation is 2. The second-order valence-electron chi connectivity index (χ2n) is 4.69. The van der Waals surface area contributed by atoms with E-state index in [1.54, 1.807) is 6.20 Å². The summed E-state index contributed by atoms with van der Waals surface area (Å²) < 4.78 is 5.51. The number of hydrogen-bond acceptors (Lipinski definition) is 4. The molecule has 96 valence electrons. The van der Waals surface area contributed by atoms with Crippen LogP contribution in [0, 0.1) is 19.8 Å². The van der Waals surface area contributed by atoms with Gasteiger partial charge in [0.1, 0.15) is 5.82 Å². The summed E-state index contributed by atoms with van der Waals surface area (Å²) in [6.07, 6.45) is 2.77. The first-order valence-electron chi connectivity index (χ1n) is 6.21. The van der Waals surface area contributed by atoms with Crippen molar-refractivity contribution in [1.29, 1.82) is 0 Å². The van der Waals surface area contributed by atoms with E-state index >= 15 is 0 Å². The summed E-state index contributed by atoms with van der Waals surface area (Å²) in [6, 6.07) is 0. The number of ether oxygens (including phenoxy) is 1. The second-order valence-corrected chi connectivity index (χ2v) is 4.69. The summed E-state index contributed by atoms with van der Waals surface area (Å²) in [5.74, 6) is 1.49. The van der Waals surface area contributed by atoms with E-state index in [2.05, 4.69) is 29.1 Å². The molecule has 0 amide bonds. The van der Waals surface area contributed by atoms with Gasteiger partial charge in [0.05, 0.1) is 11.4 Å². The first kappa shape index (κ1) is 13.9. The Labute approximate surface area is 104 Å². The van der Waals surface area contributed by atoms with Gasteiger partial charge in [0, 0.05) is 26.0 Å². The van der Waals surface area contributed by atoms with Crippen molar-refractivity contribution >= 4 is 5.82 Å². The molecule has 1 heterocycles. The van der Waals surface area contributed by atoms with Gasteiger partial charge in [0.15, 0.2) is 0 Å². The van der Waals surface area contributed by atoms with E-state index in [1.165, 1.54) is 0 Å². The van der Waals surface area contributed by atoms with Crippen LogP contribution in [0.5, 0.6) is 0 Å². The van der Waals surface area contributed by atoms with Crippen LogP contribution in [-0.2, 0) is 4.74 Å². The summed E-state index contributed by atoms with van der Waals surface area (Å²) in [7, 11) is 0. The molecule has 0 aromatic carbocycles. The average Bonchev–Trinajstić information content (AvgIpc) is 2.27. The van der Waals surface area contributed by atoms with E-state index in [0.29, 0.717) is 5.92 Å². The first-order chi connectivity index (χ1) is 8.09. The molecule has 0 aliphatic rings. The van der Waals surface area contributed by atoms with Crippen LogP contribution in [0.3, 0.4) is 0 Å². The van der Waals surface area contributed by atoms with Crippen molar-refractivity contribution < 1.29 is 4.74 Å². The number of anilines is 1. The Balaban J connectivity index is 2.20. The fourth-order valence-electron chi connectivity index (χ4n) is 1.41. The zero-order valence-corrected chi connectivity index (χ0v) is 11.3. The van der Waals surface area contributed by atoms with E-state index in [9.17, 15) is 0 Å². The molecule has 0 fully saturated rings. The summed E-state index contributed by atoms with van der Waals surface area (Å²) in [6.45, 7) is 10.7. The Morgan fingerprint density at radius 3 is 2.82 bits per heavy atom. The van der Waals surface area contributed by atoms with E-state index in [-0.39, 0.29) is 0 Å². The second kappa shape index (κ2) is 7.22. The molecule has 1 N–H and O–H groups in total. The number of nitrogens with zero attached hydrogens (tertiary/aromatic N) is 2. The van der Waals surface area contributed by atoms with Gasteiger partial charge < -0.3 is 10.1 Å². The zero-order chi connectivity index (χ0) is 12.7. The van der Waals surface area contributed by atoms with Gasteiger partial charge in [-0.25, -0.2) is 4.98 Å². The molecular weight excluding hydrogens is 214 g/mol. The molecule has 0 saturated heterocycles. The van der Waals surface area contributed by atoms with Crippen LogP contribution in [0.1, 0.15) is 31.7 Å². The van der Waals surface area contributed by atoms with Crippen molar-refractivity contribution in [3.63, 3.8) is 0 Å². The van der Waals surface area contributed by atoms with Crippen molar-refractivity contribution in [2.75, 3.05) is 25.1 Å². The maximum atomic E-state index is 5.51. The molecule has 4 nitrogen and oxygen atoms in total. The van der Waals surface area contributed by atoms with Gasteiger partial charge >= 0.3 is 0 Å². The van der Waals surface area contributed by atoms with Crippen molar-refractivity contribution in [3.05, 3.63) is 17.6 Å². The van der Waals surface area contributed by atoms with E-state index < -0.39 is 0 Å². The fraction of sp³-hybridized carbons (Fsp3) is 0.692. The summed E-state index contributed by atoms with van der Waals surface area (Å²) in [4.78, 5) is 8.66. The third-order valence-electron chi connectivity index (χ3n) is 2.28. The van der Waals surface area contributed by atoms with E-state index in [0.717, 1.165) is 43.4 Å². The maximum Gasteiger partial charge on any atom is 0.147 e. The lowest BCUT2D eigenvalue weighted by atomic mass is 10.2. The van der Waals surface area contributed by atoms with Crippen LogP contribution < -0.4 is 5.32 Å². The Bertz CT molecular complexity index is 339. The van der Waals surface area contributed by atoms with Crippen molar-refractivity contribution in [1.82, 2.24) is 9.97 Å². The highest BCUT2D eigenvalue weighted by atomic mass is 16.5. The monoisotopic (exact) mass is 237 g/mol. The quantitative estimate of drug-likeness (QED) is 0.740. The lowest BCUT2D eigenvalue weighted by Crippen LogP contribution is -2.10. The van der Waals surface area contributed by atoms with Gasteiger partial charge in [-0.05, 0) is 26.2 Å². The molecule has 1 aromatic rings. The van der Waals surface area contributed by atoms with Gasteiger partial charge in [0.25, 0.3) is 0 Å². The van der Waals surface area contributed by atoms with Crippen LogP contribution >= 0.6 is 0 Å². The summed E-state index contributed by atoms with van der Waals surface area (Å²) in [5, 5.41) is 3.29. The van der Waals surface area contributed by atoms with Crippen LogP contribution in [-0.4, -0.2) is 29.7 Å². The van der Waals surface area contributed by atoms with Crippen molar-refractivity contribution in [2.24, 2.45) is 5.92 Å². The van der Waals surface area contributed by atoms with Crippen LogP contribution in [0.15, 0.2) is 6.20 Å². The molecule has 0 unspecified atom stereocenters. The Morgan fingerprint density at radius 1 is 1.35 bits per heavy atom. The minimum absolute atomic E-state index is 0.604. The van der Waals surface area contributed by atoms with Gasteiger partial charge in [-0.3, -0.25) is 4.98 Å². The number of rotatable bonds is 7.